The fraction of sp³-hybridized carbons (Fsp3) is 0.429. The molecule has 0 aliphatic carbocycles. The third kappa shape index (κ3) is 3.46. The Morgan fingerprint density at radius 2 is 2.43 bits per heavy atom. The molecule has 120 valence electrons. The van der Waals surface area contributed by atoms with Gasteiger partial charge >= 0.3 is 0 Å². The number of nitrogens with zero attached hydrogens (tertiary/aromatic N) is 5. The van der Waals surface area contributed by atoms with E-state index in [0.29, 0.717) is 6.54 Å². The van der Waals surface area contributed by atoms with Gasteiger partial charge in [-0.3, -0.25) is 0 Å². The van der Waals surface area contributed by atoms with Crippen molar-refractivity contribution in [2.75, 3.05) is 6.61 Å². The summed E-state index contributed by atoms with van der Waals surface area (Å²) >= 11 is 3.16. The van der Waals surface area contributed by atoms with E-state index in [1.54, 1.807) is 29.4 Å². The van der Waals surface area contributed by atoms with Gasteiger partial charge in [-0.25, -0.2) is 9.67 Å². The number of aromatic nitrogens is 5. The van der Waals surface area contributed by atoms with E-state index in [0.717, 1.165) is 46.8 Å². The highest BCUT2D eigenvalue weighted by Gasteiger charge is 2.19. The van der Waals surface area contributed by atoms with Crippen molar-refractivity contribution >= 4 is 23.1 Å². The van der Waals surface area contributed by atoms with Crippen LogP contribution in [0.5, 0.6) is 0 Å². The molecule has 1 aliphatic rings. The van der Waals surface area contributed by atoms with E-state index in [1.165, 1.54) is 0 Å². The van der Waals surface area contributed by atoms with E-state index in [9.17, 15) is 0 Å². The van der Waals surface area contributed by atoms with Crippen LogP contribution in [0.3, 0.4) is 0 Å². The zero-order chi connectivity index (χ0) is 15.5. The Balaban J connectivity index is 1.38. The molecule has 0 radical (unpaired) electrons. The van der Waals surface area contributed by atoms with Gasteiger partial charge in [0.2, 0.25) is 5.16 Å². The predicted molar refractivity (Wildman–Crippen MR) is 86.2 cm³/mol. The summed E-state index contributed by atoms with van der Waals surface area (Å²) in [6.45, 7) is 1.55. The molecule has 1 saturated heterocycles. The molecule has 9 heteroatoms. The molecule has 4 rings (SSSR count). The Labute approximate surface area is 141 Å². The Morgan fingerprint density at radius 3 is 3.26 bits per heavy atom. The summed E-state index contributed by atoms with van der Waals surface area (Å²) in [4.78, 5) is 4.59. The van der Waals surface area contributed by atoms with Gasteiger partial charge in [0.25, 0.3) is 0 Å². The van der Waals surface area contributed by atoms with Gasteiger partial charge in [-0.1, -0.05) is 11.8 Å². The molecule has 3 aromatic heterocycles. The maximum absolute atomic E-state index is 5.64. The molecule has 3 aromatic rings. The van der Waals surface area contributed by atoms with Gasteiger partial charge in [-0.05, 0) is 35.4 Å². The van der Waals surface area contributed by atoms with Crippen LogP contribution in [0.4, 0.5) is 0 Å². The summed E-state index contributed by atoms with van der Waals surface area (Å²) in [5, 5.41) is 15.7. The third-order valence-electron chi connectivity index (χ3n) is 3.53. The number of rotatable bonds is 6. The maximum Gasteiger partial charge on any atom is 0.209 e. The maximum atomic E-state index is 5.64. The highest BCUT2D eigenvalue weighted by Crippen LogP contribution is 2.27. The number of ether oxygens (including phenoxy) is 1. The Kier molecular flexibility index (Phi) is 4.40. The molecule has 0 N–H and O–H groups in total. The van der Waals surface area contributed by atoms with E-state index in [-0.39, 0.29) is 6.10 Å². The average Bonchev–Trinajstić information content (AvgIpc) is 3.34. The molecule has 0 saturated carbocycles. The number of thioether (sulfide) groups is 1. The number of furan rings is 1. The molecule has 1 aliphatic heterocycles. The van der Waals surface area contributed by atoms with Crippen molar-refractivity contribution in [3.8, 4) is 10.8 Å². The lowest BCUT2D eigenvalue weighted by molar-refractivity contribution is 0.0912. The second-order valence-corrected chi connectivity index (χ2v) is 6.99. The Morgan fingerprint density at radius 1 is 1.43 bits per heavy atom. The highest BCUT2D eigenvalue weighted by molar-refractivity contribution is 7.98. The molecule has 4 heterocycles. The van der Waals surface area contributed by atoms with E-state index >= 15 is 0 Å². The van der Waals surface area contributed by atoms with Gasteiger partial charge < -0.3 is 9.15 Å². The number of hydrogen-bond acceptors (Lipinski definition) is 8. The van der Waals surface area contributed by atoms with Crippen molar-refractivity contribution in [1.82, 2.24) is 25.2 Å². The SMILES string of the molecule is c1coc(-c2nc(CSc3nnnn3CC3CCCO3)cs2)c1. The van der Waals surface area contributed by atoms with Crippen LogP contribution in [0, 0.1) is 0 Å². The van der Waals surface area contributed by atoms with Crippen LogP contribution in [-0.4, -0.2) is 37.9 Å². The minimum Gasteiger partial charge on any atom is -0.462 e. The minimum atomic E-state index is 0.225. The van der Waals surface area contributed by atoms with Crippen LogP contribution in [0.1, 0.15) is 18.5 Å². The van der Waals surface area contributed by atoms with Crippen LogP contribution in [0.25, 0.3) is 10.8 Å². The molecule has 7 nitrogen and oxygen atoms in total. The second-order valence-electron chi connectivity index (χ2n) is 5.19. The summed E-state index contributed by atoms with van der Waals surface area (Å²) in [6, 6.07) is 3.78. The quantitative estimate of drug-likeness (QED) is 0.633. The van der Waals surface area contributed by atoms with Gasteiger partial charge in [0.15, 0.2) is 10.8 Å². The molecule has 23 heavy (non-hydrogen) atoms. The summed E-state index contributed by atoms with van der Waals surface area (Å²) in [5.74, 6) is 1.53. The molecule has 1 atom stereocenters. The van der Waals surface area contributed by atoms with Crippen LogP contribution < -0.4 is 0 Å². The van der Waals surface area contributed by atoms with Crippen molar-refractivity contribution in [3.05, 3.63) is 29.5 Å². The zero-order valence-electron chi connectivity index (χ0n) is 12.3. The van der Waals surface area contributed by atoms with E-state index < -0.39 is 0 Å². The van der Waals surface area contributed by atoms with Crippen LogP contribution in [0.2, 0.25) is 0 Å². The summed E-state index contributed by atoms with van der Waals surface area (Å²) in [5.41, 5.74) is 0.998. The van der Waals surface area contributed by atoms with E-state index in [2.05, 4.69) is 20.5 Å². The molecule has 0 aromatic carbocycles. The second kappa shape index (κ2) is 6.81. The smallest absolute Gasteiger partial charge is 0.209 e. The van der Waals surface area contributed by atoms with Crippen LogP contribution >= 0.6 is 23.1 Å². The summed E-state index contributed by atoms with van der Waals surface area (Å²) < 4.78 is 12.8. The molecule has 1 unspecified atom stereocenters. The monoisotopic (exact) mass is 349 g/mol. The first-order valence-electron chi connectivity index (χ1n) is 7.37. The van der Waals surface area contributed by atoms with Crippen LogP contribution in [-0.2, 0) is 17.0 Å². The van der Waals surface area contributed by atoms with Gasteiger partial charge in [0.05, 0.1) is 24.6 Å². The number of hydrogen-bond donors (Lipinski definition) is 0. The van der Waals surface area contributed by atoms with Gasteiger partial charge in [-0.15, -0.1) is 16.4 Å². The van der Waals surface area contributed by atoms with E-state index in [4.69, 9.17) is 9.15 Å². The molecular weight excluding hydrogens is 334 g/mol. The Hall–Kier alpha value is -1.71. The molecule has 0 spiro atoms. The average molecular weight is 349 g/mol. The Bertz CT molecular complexity index is 749. The largest absolute Gasteiger partial charge is 0.462 e. The lowest BCUT2D eigenvalue weighted by Crippen LogP contribution is -2.16. The minimum absolute atomic E-state index is 0.225. The normalized spacial score (nSPS) is 17.8. The standard InChI is InChI=1S/C14H15N5O2S2/c1-3-11(20-5-1)7-19-14(16-17-18-19)23-9-10-8-22-13(15-10)12-4-2-6-21-12/h2,4,6,8,11H,1,3,5,7,9H2. The van der Waals surface area contributed by atoms with E-state index in [1.807, 2.05) is 22.2 Å². The fourth-order valence-corrected chi connectivity index (χ4v) is 4.09. The zero-order valence-corrected chi connectivity index (χ0v) is 13.9. The number of tetrazole rings is 1. The lowest BCUT2D eigenvalue weighted by atomic mass is 10.2. The van der Waals surface area contributed by atoms with Crippen LogP contribution in [0.15, 0.2) is 33.3 Å². The van der Waals surface area contributed by atoms with Gasteiger partial charge in [0, 0.05) is 17.7 Å². The topological polar surface area (TPSA) is 78.9 Å². The lowest BCUT2D eigenvalue weighted by Gasteiger charge is -2.09. The first-order valence-corrected chi connectivity index (χ1v) is 9.24. The predicted octanol–water partition coefficient (Wildman–Crippen LogP) is 2.86. The van der Waals surface area contributed by atoms with Crippen molar-refractivity contribution in [1.29, 1.82) is 0 Å². The van der Waals surface area contributed by atoms with Crippen molar-refractivity contribution < 1.29 is 9.15 Å². The van der Waals surface area contributed by atoms with Crippen molar-refractivity contribution in [2.24, 2.45) is 0 Å². The molecular formula is C14H15N5O2S2. The van der Waals surface area contributed by atoms with Crippen molar-refractivity contribution in [3.63, 3.8) is 0 Å². The summed E-state index contributed by atoms with van der Waals surface area (Å²) in [7, 11) is 0. The third-order valence-corrected chi connectivity index (χ3v) is 5.43. The highest BCUT2D eigenvalue weighted by atomic mass is 32.2. The summed E-state index contributed by atoms with van der Waals surface area (Å²) in [6.07, 6.45) is 4.07. The molecule has 1 fully saturated rings. The van der Waals surface area contributed by atoms with Crippen molar-refractivity contribution in [2.45, 2.75) is 36.4 Å². The van der Waals surface area contributed by atoms with Gasteiger partial charge in [-0.2, -0.15) is 0 Å². The number of thiazole rings is 1. The molecule has 0 amide bonds. The first kappa shape index (κ1) is 14.9. The molecule has 0 bridgehead atoms. The first-order chi connectivity index (χ1) is 11.4. The fourth-order valence-electron chi connectivity index (χ4n) is 2.42. The van der Waals surface area contributed by atoms with Gasteiger partial charge in [0.1, 0.15) is 0 Å².